The summed E-state index contributed by atoms with van der Waals surface area (Å²) in [5.41, 5.74) is 0. The van der Waals surface area contributed by atoms with Crippen LogP contribution < -0.4 is 0 Å². The van der Waals surface area contributed by atoms with E-state index in [-0.39, 0.29) is 5.25 Å². The molecule has 4 heteroatoms. The topological polar surface area (TPSA) is 34.1 Å². The van der Waals surface area contributed by atoms with E-state index in [0.29, 0.717) is 12.8 Å². The molecule has 1 atom stereocenters. The summed E-state index contributed by atoms with van der Waals surface area (Å²) in [4.78, 5) is 0. The van der Waals surface area contributed by atoms with Crippen molar-refractivity contribution in [3.63, 3.8) is 0 Å². The summed E-state index contributed by atoms with van der Waals surface area (Å²) in [6.07, 6.45) is 4.48. The third-order valence-corrected chi connectivity index (χ3v) is 4.10. The molecule has 0 bridgehead atoms. The first-order valence-electron chi connectivity index (χ1n) is 4.45. The van der Waals surface area contributed by atoms with E-state index in [9.17, 15) is 8.42 Å². The lowest BCUT2D eigenvalue weighted by atomic mass is 10.1. The van der Waals surface area contributed by atoms with E-state index < -0.39 is 9.05 Å². The fourth-order valence-electron chi connectivity index (χ4n) is 1.17. The largest absolute Gasteiger partial charge is 0.235 e. The molecule has 0 aliphatic rings. The van der Waals surface area contributed by atoms with Crippen LogP contribution in [-0.4, -0.2) is 13.7 Å². The smallest absolute Gasteiger partial charge is 0.212 e. The van der Waals surface area contributed by atoms with Crippen LogP contribution in [0, 0.1) is 0 Å². The molecule has 0 amide bonds. The van der Waals surface area contributed by atoms with Crippen molar-refractivity contribution in [1.29, 1.82) is 0 Å². The second-order valence-corrected chi connectivity index (χ2v) is 5.91. The molecule has 0 rings (SSSR count). The Balaban J connectivity index is 3.85. The van der Waals surface area contributed by atoms with E-state index in [4.69, 9.17) is 10.7 Å². The minimum absolute atomic E-state index is 0.342. The highest BCUT2D eigenvalue weighted by molar-refractivity contribution is 8.14. The first-order chi connectivity index (χ1) is 5.52. The summed E-state index contributed by atoms with van der Waals surface area (Å²) in [7, 11) is 1.93. The fraction of sp³-hybridized carbons (Fsp3) is 1.00. The van der Waals surface area contributed by atoms with Gasteiger partial charge >= 0.3 is 0 Å². The van der Waals surface area contributed by atoms with Crippen molar-refractivity contribution in [2.75, 3.05) is 0 Å². The quantitative estimate of drug-likeness (QED) is 0.501. The molecule has 0 saturated carbocycles. The van der Waals surface area contributed by atoms with Crippen molar-refractivity contribution in [3.8, 4) is 0 Å². The molecule has 0 aliphatic carbocycles. The fourth-order valence-corrected chi connectivity index (χ4v) is 2.66. The van der Waals surface area contributed by atoms with Gasteiger partial charge in [0.05, 0.1) is 5.25 Å². The molecule has 0 aliphatic heterocycles. The third kappa shape index (κ3) is 4.99. The van der Waals surface area contributed by atoms with Crippen molar-refractivity contribution < 1.29 is 8.42 Å². The Hall–Kier alpha value is 0.240. The lowest BCUT2D eigenvalue weighted by Gasteiger charge is -2.09. The Bertz CT molecular complexity index is 199. The van der Waals surface area contributed by atoms with Crippen LogP contribution in [0.2, 0.25) is 0 Å². The van der Waals surface area contributed by atoms with E-state index in [1.165, 1.54) is 0 Å². The van der Waals surface area contributed by atoms with Gasteiger partial charge in [-0.25, -0.2) is 8.42 Å². The van der Waals surface area contributed by atoms with Crippen LogP contribution in [0.15, 0.2) is 0 Å². The predicted octanol–water partition coefficient (Wildman–Crippen LogP) is 2.91. The van der Waals surface area contributed by atoms with Gasteiger partial charge in [-0.15, -0.1) is 0 Å². The number of halogens is 1. The number of hydrogen-bond acceptors (Lipinski definition) is 2. The molecule has 0 spiro atoms. The van der Waals surface area contributed by atoms with E-state index in [1.807, 2.05) is 6.92 Å². The molecule has 0 N–H and O–H groups in total. The van der Waals surface area contributed by atoms with Crippen molar-refractivity contribution in [1.82, 2.24) is 0 Å². The summed E-state index contributed by atoms with van der Waals surface area (Å²) in [5.74, 6) is 0. The molecule has 12 heavy (non-hydrogen) atoms. The summed E-state index contributed by atoms with van der Waals surface area (Å²) < 4.78 is 21.8. The van der Waals surface area contributed by atoms with Gasteiger partial charge in [0.1, 0.15) is 0 Å². The standard InChI is InChI=1S/C8H17ClO2S/c1-3-5-6-7-8(4-2)12(9,10)11/h8H,3-7H2,1-2H3. The Morgan fingerprint density at radius 1 is 1.25 bits per heavy atom. The lowest BCUT2D eigenvalue weighted by molar-refractivity contribution is 0.565. The molecule has 0 aromatic rings. The molecule has 0 radical (unpaired) electrons. The average Bonchev–Trinajstić information content (AvgIpc) is 1.95. The number of unbranched alkanes of at least 4 members (excludes halogenated alkanes) is 2. The highest BCUT2D eigenvalue weighted by Crippen LogP contribution is 2.17. The zero-order valence-corrected chi connectivity index (χ0v) is 9.29. The second-order valence-electron chi connectivity index (χ2n) is 3.00. The minimum Gasteiger partial charge on any atom is -0.212 e. The molecule has 74 valence electrons. The van der Waals surface area contributed by atoms with E-state index in [1.54, 1.807) is 0 Å². The molecular weight excluding hydrogens is 196 g/mol. The molecule has 0 saturated heterocycles. The Morgan fingerprint density at radius 2 is 1.83 bits per heavy atom. The van der Waals surface area contributed by atoms with Gasteiger partial charge in [0.15, 0.2) is 0 Å². The van der Waals surface area contributed by atoms with Gasteiger partial charge in [0.25, 0.3) is 0 Å². The number of rotatable bonds is 6. The van der Waals surface area contributed by atoms with Crippen LogP contribution in [0.3, 0.4) is 0 Å². The first-order valence-corrected chi connectivity index (χ1v) is 6.83. The van der Waals surface area contributed by atoms with Gasteiger partial charge in [0.2, 0.25) is 9.05 Å². The van der Waals surface area contributed by atoms with Crippen LogP contribution in [0.25, 0.3) is 0 Å². The molecule has 0 aromatic heterocycles. The van der Waals surface area contributed by atoms with E-state index >= 15 is 0 Å². The minimum atomic E-state index is -3.32. The van der Waals surface area contributed by atoms with E-state index in [2.05, 4.69) is 6.92 Å². The molecule has 0 heterocycles. The van der Waals surface area contributed by atoms with Crippen LogP contribution in [-0.2, 0) is 9.05 Å². The van der Waals surface area contributed by atoms with Gasteiger partial charge < -0.3 is 0 Å². The van der Waals surface area contributed by atoms with Crippen molar-refractivity contribution >= 4 is 19.7 Å². The Morgan fingerprint density at radius 3 is 2.17 bits per heavy atom. The Kier molecular flexibility index (Phi) is 5.93. The Labute approximate surface area is 79.7 Å². The molecular formula is C8H17ClO2S. The normalized spacial score (nSPS) is 14.6. The van der Waals surface area contributed by atoms with Gasteiger partial charge in [-0.2, -0.15) is 0 Å². The molecule has 0 fully saturated rings. The zero-order chi connectivity index (χ0) is 9.61. The maximum Gasteiger partial charge on any atom is 0.235 e. The van der Waals surface area contributed by atoms with Crippen LogP contribution >= 0.6 is 10.7 Å². The summed E-state index contributed by atoms with van der Waals surface area (Å²) in [6, 6.07) is 0. The first kappa shape index (κ1) is 12.2. The molecule has 0 aromatic carbocycles. The summed E-state index contributed by atoms with van der Waals surface area (Å²) in [6.45, 7) is 3.95. The molecule has 1 unspecified atom stereocenters. The van der Waals surface area contributed by atoms with Crippen LogP contribution in [0.5, 0.6) is 0 Å². The highest BCUT2D eigenvalue weighted by atomic mass is 35.7. The monoisotopic (exact) mass is 212 g/mol. The average molecular weight is 213 g/mol. The summed E-state index contributed by atoms with van der Waals surface area (Å²) >= 11 is 0. The summed E-state index contributed by atoms with van der Waals surface area (Å²) in [5, 5.41) is -0.342. The van der Waals surface area contributed by atoms with Gasteiger partial charge in [-0.05, 0) is 12.8 Å². The predicted molar refractivity (Wildman–Crippen MR) is 53.0 cm³/mol. The second kappa shape index (κ2) is 5.81. The zero-order valence-electron chi connectivity index (χ0n) is 7.72. The van der Waals surface area contributed by atoms with Gasteiger partial charge in [0, 0.05) is 10.7 Å². The SMILES string of the molecule is CCCCCC(CC)S(=O)(=O)Cl. The van der Waals surface area contributed by atoms with Crippen molar-refractivity contribution in [3.05, 3.63) is 0 Å². The van der Waals surface area contributed by atoms with Gasteiger partial charge in [-0.1, -0.05) is 33.1 Å². The van der Waals surface area contributed by atoms with Crippen LogP contribution in [0.1, 0.15) is 46.0 Å². The lowest BCUT2D eigenvalue weighted by Crippen LogP contribution is -2.14. The maximum atomic E-state index is 10.9. The highest BCUT2D eigenvalue weighted by Gasteiger charge is 2.19. The van der Waals surface area contributed by atoms with E-state index in [0.717, 1.165) is 19.3 Å². The number of hydrogen-bond donors (Lipinski definition) is 0. The molecule has 2 nitrogen and oxygen atoms in total. The van der Waals surface area contributed by atoms with Crippen molar-refractivity contribution in [2.45, 2.75) is 51.2 Å². The van der Waals surface area contributed by atoms with Gasteiger partial charge in [-0.3, -0.25) is 0 Å². The van der Waals surface area contributed by atoms with Crippen molar-refractivity contribution in [2.24, 2.45) is 0 Å². The maximum absolute atomic E-state index is 10.9. The van der Waals surface area contributed by atoms with Crippen LogP contribution in [0.4, 0.5) is 0 Å². The third-order valence-electron chi connectivity index (χ3n) is 1.98.